The van der Waals surface area contributed by atoms with Gasteiger partial charge >= 0.3 is 35.5 Å². The molecule has 0 spiro atoms. The first-order valence-corrected chi connectivity index (χ1v) is 4.54. The fraction of sp³-hybridized carbons (Fsp3) is 0.800. The van der Waals surface area contributed by atoms with Crippen LogP contribution in [0.5, 0.6) is 0 Å². The molecule has 0 radical (unpaired) electrons. The molecule has 7 heteroatoms. The van der Waals surface area contributed by atoms with Crippen molar-refractivity contribution in [3.05, 3.63) is 0 Å². The normalized spacial score (nSPS) is 10.2. The van der Waals surface area contributed by atoms with Crippen molar-refractivity contribution in [2.45, 2.75) is 12.8 Å². The van der Waals surface area contributed by atoms with Gasteiger partial charge in [0.15, 0.2) is 0 Å². The molecule has 0 aromatic carbocycles. The van der Waals surface area contributed by atoms with Gasteiger partial charge in [-0.1, -0.05) is 0 Å². The van der Waals surface area contributed by atoms with E-state index in [9.17, 15) is 17.8 Å². The predicted octanol–water partition coefficient (Wildman–Crippen LogP) is -3.51. The predicted molar refractivity (Wildman–Crippen MR) is 35.8 cm³/mol. The van der Waals surface area contributed by atoms with Crippen LogP contribution in [0.1, 0.15) is 12.8 Å². The molecule has 0 saturated carbocycles. The Hall–Kier alpha value is 0.380. The van der Waals surface area contributed by atoms with Gasteiger partial charge in [0.1, 0.15) is 0 Å². The van der Waals surface area contributed by atoms with Crippen molar-refractivity contribution in [3.63, 3.8) is 0 Å². The van der Waals surface area contributed by atoms with Gasteiger partial charge < -0.3 is 9.29 Å². The first-order chi connectivity index (χ1) is 4.95. The summed E-state index contributed by atoms with van der Waals surface area (Å²) in [5.74, 6) is -1.02. The minimum atomic E-state index is -4.19. The van der Waals surface area contributed by atoms with Crippen LogP contribution in [0.4, 0.5) is 0 Å². The van der Waals surface area contributed by atoms with Crippen LogP contribution in [0.15, 0.2) is 0 Å². The first-order valence-electron chi connectivity index (χ1n) is 2.96. The average molecular weight is 204 g/mol. The molecular weight excluding hydrogens is 195 g/mol. The van der Waals surface area contributed by atoms with Crippen molar-refractivity contribution >= 4 is 16.1 Å². The molecule has 0 fully saturated rings. The van der Waals surface area contributed by atoms with E-state index in [-0.39, 0.29) is 42.4 Å². The van der Waals surface area contributed by atoms with Gasteiger partial charge in [0.2, 0.25) is 0 Å². The monoisotopic (exact) mass is 204 g/mol. The van der Waals surface area contributed by atoms with Crippen LogP contribution in [-0.4, -0.2) is 31.8 Å². The van der Waals surface area contributed by atoms with E-state index in [0.717, 1.165) is 0 Å². The van der Waals surface area contributed by atoms with E-state index in [2.05, 4.69) is 4.74 Å². The van der Waals surface area contributed by atoms with Gasteiger partial charge in [0.05, 0.1) is 17.2 Å². The van der Waals surface area contributed by atoms with E-state index in [1.54, 1.807) is 0 Å². The third-order valence-corrected chi connectivity index (χ3v) is 1.79. The second kappa shape index (κ2) is 6.85. The fourth-order valence-corrected chi connectivity index (χ4v) is 0.993. The Kier molecular flexibility index (Phi) is 8.49. The Morgan fingerprint density at radius 2 is 2.00 bits per heavy atom. The third-order valence-electron chi connectivity index (χ3n) is 1.00. The zero-order valence-electron chi connectivity index (χ0n) is 7.07. The molecule has 0 aromatic heterocycles. The Bertz CT molecular complexity index is 222. The van der Waals surface area contributed by atoms with E-state index < -0.39 is 21.8 Å². The van der Waals surface area contributed by atoms with Crippen LogP contribution >= 0.6 is 0 Å². The summed E-state index contributed by atoms with van der Waals surface area (Å²) in [7, 11) is -2.98. The molecule has 5 nitrogen and oxygen atoms in total. The topological polar surface area (TPSA) is 83.5 Å². The molecule has 0 aromatic rings. The van der Waals surface area contributed by atoms with E-state index in [4.69, 9.17) is 0 Å². The van der Waals surface area contributed by atoms with Crippen LogP contribution in [-0.2, 0) is 19.6 Å². The minimum absolute atomic E-state index is 0. The van der Waals surface area contributed by atoms with Crippen molar-refractivity contribution in [1.82, 2.24) is 0 Å². The van der Waals surface area contributed by atoms with Crippen LogP contribution in [0.3, 0.4) is 0 Å². The van der Waals surface area contributed by atoms with Gasteiger partial charge in [-0.15, -0.1) is 0 Å². The molecule has 0 bridgehead atoms. The Morgan fingerprint density at radius 1 is 1.50 bits per heavy atom. The zero-order valence-corrected chi connectivity index (χ0v) is 9.89. The van der Waals surface area contributed by atoms with Crippen LogP contribution in [0.2, 0.25) is 0 Å². The number of rotatable bonds is 4. The fourth-order valence-electron chi connectivity index (χ4n) is 0.495. The zero-order chi connectivity index (χ0) is 8.91. The molecule has 12 heavy (non-hydrogen) atoms. The van der Waals surface area contributed by atoms with Gasteiger partial charge in [-0.2, -0.15) is 0 Å². The number of esters is 1. The van der Waals surface area contributed by atoms with Crippen molar-refractivity contribution in [2.75, 3.05) is 12.9 Å². The standard InChI is InChI=1S/C5H10O5S.Na/c1-10-5(6)3-2-4-11(7,8)9;/h2-4H2,1H3,(H,7,8,9);/q;+1/p-1. The quantitative estimate of drug-likeness (QED) is 0.269. The summed E-state index contributed by atoms with van der Waals surface area (Å²) in [5, 5.41) is 0. The molecule has 0 saturated heterocycles. The maximum absolute atomic E-state index is 10.4. The van der Waals surface area contributed by atoms with Crippen molar-refractivity contribution in [2.24, 2.45) is 0 Å². The summed E-state index contributed by atoms with van der Waals surface area (Å²) in [5.41, 5.74) is 0. The average Bonchev–Trinajstić information content (AvgIpc) is 1.85. The number of hydrogen-bond donors (Lipinski definition) is 0. The summed E-state index contributed by atoms with van der Waals surface area (Å²) in [6.07, 6.45) is -0.00350. The summed E-state index contributed by atoms with van der Waals surface area (Å²) >= 11 is 0. The summed E-state index contributed by atoms with van der Waals surface area (Å²) in [6, 6.07) is 0. The first kappa shape index (κ1) is 14.9. The maximum Gasteiger partial charge on any atom is 1.00 e. The molecule has 0 N–H and O–H groups in total. The summed E-state index contributed by atoms with van der Waals surface area (Å²) < 4.78 is 34.2. The van der Waals surface area contributed by atoms with Crippen molar-refractivity contribution in [3.8, 4) is 0 Å². The van der Waals surface area contributed by atoms with Crippen molar-refractivity contribution in [1.29, 1.82) is 0 Å². The molecule has 0 aliphatic carbocycles. The number of methoxy groups -OCH3 is 1. The molecule has 0 heterocycles. The molecular formula is C5H9NaO5S. The SMILES string of the molecule is COC(=O)CCCS(=O)(=O)[O-].[Na+]. The molecule has 0 atom stereocenters. The summed E-state index contributed by atoms with van der Waals surface area (Å²) in [4.78, 5) is 10.4. The molecule has 0 rings (SSSR count). The minimum Gasteiger partial charge on any atom is -0.748 e. The van der Waals surface area contributed by atoms with Crippen LogP contribution in [0, 0.1) is 0 Å². The second-order valence-corrected chi connectivity index (χ2v) is 3.47. The van der Waals surface area contributed by atoms with Crippen molar-refractivity contribution < 1.29 is 52.1 Å². The van der Waals surface area contributed by atoms with Gasteiger partial charge in [-0.05, 0) is 6.42 Å². The van der Waals surface area contributed by atoms with Gasteiger partial charge in [-0.25, -0.2) is 8.42 Å². The van der Waals surface area contributed by atoms with E-state index in [1.165, 1.54) is 7.11 Å². The molecule has 0 unspecified atom stereocenters. The third kappa shape index (κ3) is 10.4. The molecule has 66 valence electrons. The van der Waals surface area contributed by atoms with Crippen LogP contribution < -0.4 is 29.6 Å². The smallest absolute Gasteiger partial charge is 0.748 e. The number of hydrogen-bond acceptors (Lipinski definition) is 5. The number of ether oxygens (including phenoxy) is 1. The van der Waals surface area contributed by atoms with E-state index in [0.29, 0.717) is 0 Å². The van der Waals surface area contributed by atoms with E-state index >= 15 is 0 Å². The number of carbonyl (C=O) groups excluding carboxylic acids is 1. The van der Waals surface area contributed by atoms with E-state index in [1.807, 2.05) is 0 Å². The molecule has 0 amide bonds. The Balaban J connectivity index is 0. The van der Waals surface area contributed by atoms with Gasteiger partial charge in [-0.3, -0.25) is 4.79 Å². The molecule has 0 aliphatic heterocycles. The number of carbonyl (C=O) groups is 1. The Morgan fingerprint density at radius 3 is 2.33 bits per heavy atom. The van der Waals surface area contributed by atoms with Crippen LogP contribution in [0.25, 0.3) is 0 Å². The Labute approximate surface area is 93.5 Å². The largest absolute Gasteiger partial charge is 1.00 e. The van der Waals surface area contributed by atoms with Gasteiger partial charge in [0.25, 0.3) is 0 Å². The molecule has 0 aliphatic rings. The summed E-state index contributed by atoms with van der Waals surface area (Å²) in [6.45, 7) is 0. The van der Waals surface area contributed by atoms with Gasteiger partial charge in [0, 0.05) is 12.2 Å². The second-order valence-electron chi connectivity index (χ2n) is 1.94. The maximum atomic E-state index is 10.4.